The number of methoxy groups -OCH3 is 1. The van der Waals surface area contributed by atoms with Crippen LogP contribution < -0.4 is 10.1 Å². The highest BCUT2D eigenvalue weighted by Gasteiger charge is 2.46. The van der Waals surface area contributed by atoms with E-state index in [1.165, 1.54) is 38.3 Å². The van der Waals surface area contributed by atoms with E-state index in [4.69, 9.17) is 9.47 Å². The van der Waals surface area contributed by atoms with Gasteiger partial charge in [-0.1, -0.05) is 0 Å². The number of amides is 1. The van der Waals surface area contributed by atoms with Crippen molar-refractivity contribution in [2.45, 2.75) is 37.6 Å². The van der Waals surface area contributed by atoms with Crippen molar-refractivity contribution in [3.05, 3.63) is 29.8 Å². The summed E-state index contributed by atoms with van der Waals surface area (Å²) < 4.78 is 15.7. The number of carbonyl (C=O) groups is 2. The summed E-state index contributed by atoms with van der Waals surface area (Å²) in [4.78, 5) is 22.8. The first kappa shape index (κ1) is 19.1. The number of carbonyl (C=O) groups excluding carboxylic acids is 2. The third kappa shape index (κ3) is 4.45. The fraction of sp³-hybridized carbons (Fsp3) is 0.500. The van der Waals surface area contributed by atoms with Crippen LogP contribution in [0.25, 0.3) is 0 Å². The molecule has 5 atom stereocenters. The molecule has 1 aliphatic heterocycles. The second-order valence-corrected chi connectivity index (χ2v) is 5.57. The molecule has 9 nitrogen and oxygen atoms in total. The Balaban J connectivity index is 2.17. The Kier molecular flexibility index (Phi) is 6.32. The summed E-state index contributed by atoms with van der Waals surface area (Å²) in [5, 5.41) is 31.9. The number of aliphatic hydroxyl groups excluding tert-OH is 3. The summed E-state index contributed by atoms with van der Waals surface area (Å²) in [6.45, 7) is 0.714. The number of hydrogen-bond donors (Lipinski definition) is 4. The van der Waals surface area contributed by atoms with E-state index in [0.717, 1.165) is 0 Å². The van der Waals surface area contributed by atoms with Crippen molar-refractivity contribution in [3.63, 3.8) is 0 Å². The summed E-state index contributed by atoms with van der Waals surface area (Å²) in [5.74, 6) is -0.652. The summed E-state index contributed by atoms with van der Waals surface area (Å²) in [6, 6.07) is 4.89. The van der Waals surface area contributed by atoms with E-state index < -0.39 is 49.1 Å². The van der Waals surface area contributed by atoms with Crippen molar-refractivity contribution in [2.24, 2.45) is 0 Å². The Labute approximate surface area is 144 Å². The van der Waals surface area contributed by atoms with Crippen LogP contribution in [0.15, 0.2) is 24.3 Å². The molecule has 1 aliphatic rings. The van der Waals surface area contributed by atoms with Crippen molar-refractivity contribution in [3.8, 4) is 5.75 Å². The van der Waals surface area contributed by atoms with Crippen LogP contribution >= 0.6 is 0 Å². The van der Waals surface area contributed by atoms with Gasteiger partial charge in [0, 0.05) is 6.92 Å². The first-order chi connectivity index (χ1) is 11.9. The molecule has 0 unspecified atom stereocenters. The predicted octanol–water partition coefficient (Wildman–Crippen LogP) is -1.20. The van der Waals surface area contributed by atoms with Crippen LogP contribution in [0.3, 0.4) is 0 Å². The van der Waals surface area contributed by atoms with Crippen LogP contribution in [0, 0.1) is 0 Å². The van der Waals surface area contributed by atoms with Crippen LogP contribution in [0.5, 0.6) is 5.75 Å². The first-order valence-corrected chi connectivity index (χ1v) is 7.62. The van der Waals surface area contributed by atoms with E-state index in [0.29, 0.717) is 11.3 Å². The van der Waals surface area contributed by atoms with Gasteiger partial charge in [-0.3, -0.25) is 4.79 Å². The van der Waals surface area contributed by atoms with E-state index in [1.54, 1.807) is 0 Å². The van der Waals surface area contributed by atoms with Gasteiger partial charge in [0.2, 0.25) is 12.2 Å². The van der Waals surface area contributed by atoms with Gasteiger partial charge in [0.05, 0.1) is 19.3 Å². The van der Waals surface area contributed by atoms with E-state index >= 15 is 0 Å². The van der Waals surface area contributed by atoms with Crippen LogP contribution in [0.1, 0.15) is 17.3 Å². The molecule has 0 bridgehead atoms. The van der Waals surface area contributed by atoms with Gasteiger partial charge in [-0.15, -0.1) is 0 Å². The average Bonchev–Trinajstić information content (AvgIpc) is 2.60. The lowest BCUT2D eigenvalue weighted by molar-refractivity contribution is -0.244. The second kappa shape index (κ2) is 8.26. The number of hydrogen-bond acceptors (Lipinski definition) is 8. The normalized spacial score (nSPS) is 28.9. The van der Waals surface area contributed by atoms with Gasteiger partial charge in [0.1, 0.15) is 30.1 Å². The highest BCUT2D eigenvalue weighted by Crippen LogP contribution is 2.24. The molecule has 9 heteroatoms. The molecule has 1 amide bonds. The van der Waals surface area contributed by atoms with Crippen LogP contribution in [0.4, 0.5) is 0 Å². The molecule has 138 valence electrons. The van der Waals surface area contributed by atoms with Gasteiger partial charge >= 0.3 is 5.97 Å². The van der Waals surface area contributed by atoms with E-state index in [2.05, 4.69) is 10.1 Å². The maximum Gasteiger partial charge on any atom is 0.337 e. The monoisotopic (exact) mass is 355 g/mol. The van der Waals surface area contributed by atoms with Crippen molar-refractivity contribution >= 4 is 11.9 Å². The highest BCUT2D eigenvalue weighted by atomic mass is 16.7. The molecule has 0 saturated carbocycles. The summed E-state index contributed by atoms with van der Waals surface area (Å²) in [5.41, 5.74) is 0.321. The van der Waals surface area contributed by atoms with Crippen molar-refractivity contribution < 1.29 is 39.1 Å². The maximum absolute atomic E-state index is 11.4. The molecular weight excluding hydrogens is 334 g/mol. The predicted molar refractivity (Wildman–Crippen MR) is 83.8 cm³/mol. The van der Waals surface area contributed by atoms with Gasteiger partial charge in [-0.25, -0.2) is 4.79 Å². The van der Waals surface area contributed by atoms with E-state index in [9.17, 15) is 24.9 Å². The molecule has 0 spiro atoms. The van der Waals surface area contributed by atoms with Crippen molar-refractivity contribution in [1.29, 1.82) is 0 Å². The largest absolute Gasteiger partial charge is 0.465 e. The summed E-state index contributed by atoms with van der Waals surface area (Å²) >= 11 is 0. The number of ether oxygens (including phenoxy) is 3. The van der Waals surface area contributed by atoms with Crippen molar-refractivity contribution in [2.75, 3.05) is 13.7 Å². The maximum atomic E-state index is 11.4. The number of esters is 1. The molecule has 1 heterocycles. The topological polar surface area (TPSA) is 135 Å². The Morgan fingerprint density at radius 3 is 2.36 bits per heavy atom. The Hall–Kier alpha value is -2.20. The molecule has 4 N–H and O–H groups in total. The summed E-state index contributed by atoms with van der Waals surface area (Å²) in [6.07, 6.45) is -5.00. The molecule has 0 radical (unpaired) electrons. The quantitative estimate of drug-likeness (QED) is 0.484. The lowest BCUT2D eigenvalue weighted by Gasteiger charge is -2.42. The van der Waals surface area contributed by atoms with E-state index in [-0.39, 0.29) is 0 Å². The molecule has 25 heavy (non-hydrogen) atoms. The van der Waals surface area contributed by atoms with Gasteiger partial charge in [-0.05, 0) is 24.3 Å². The standard InChI is InChI=1S/C16H21NO8/c1-8(19)17-12-14(21)13(20)11(7-18)25-16(12)24-10-5-3-9(4-6-10)15(22)23-2/h3-6,11-14,16,18,20-21H,7H2,1-2H3,(H,17,19)/t11-,12-,13+,14+,16-/m1/s1. The van der Waals surface area contributed by atoms with Gasteiger partial charge in [0.25, 0.3) is 0 Å². The Morgan fingerprint density at radius 2 is 1.84 bits per heavy atom. The fourth-order valence-corrected chi connectivity index (χ4v) is 2.49. The zero-order valence-electron chi connectivity index (χ0n) is 13.8. The molecule has 1 fully saturated rings. The summed E-state index contributed by atoms with van der Waals surface area (Å²) in [7, 11) is 1.27. The third-order valence-electron chi connectivity index (χ3n) is 3.78. The van der Waals surface area contributed by atoms with Crippen LogP contribution in [0.2, 0.25) is 0 Å². The number of nitrogens with one attached hydrogen (secondary N) is 1. The zero-order valence-corrected chi connectivity index (χ0v) is 13.8. The van der Waals surface area contributed by atoms with Gasteiger partial charge < -0.3 is 34.8 Å². The third-order valence-corrected chi connectivity index (χ3v) is 3.78. The zero-order chi connectivity index (χ0) is 18.6. The number of rotatable bonds is 5. The highest BCUT2D eigenvalue weighted by molar-refractivity contribution is 5.89. The fourth-order valence-electron chi connectivity index (χ4n) is 2.49. The number of benzene rings is 1. The molecule has 0 aromatic heterocycles. The van der Waals surface area contributed by atoms with Crippen molar-refractivity contribution in [1.82, 2.24) is 5.32 Å². The molecule has 2 rings (SSSR count). The first-order valence-electron chi connectivity index (χ1n) is 7.62. The lowest BCUT2D eigenvalue weighted by Crippen LogP contribution is -2.65. The van der Waals surface area contributed by atoms with E-state index in [1.807, 2.05) is 0 Å². The molecule has 1 aromatic rings. The molecule has 1 aromatic carbocycles. The average molecular weight is 355 g/mol. The molecule has 0 aliphatic carbocycles. The smallest absolute Gasteiger partial charge is 0.337 e. The second-order valence-electron chi connectivity index (χ2n) is 5.57. The molecule has 1 saturated heterocycles. The lowest BCUT2D eigenvalue weighted by atomic mass is 9.97. The molecular formula is C16H21NO8. The Morgan fingerprint density at radius 1 is 1.20 bits per heavy atom. The number of aliphatic hydroxyl groups is 3. The minimum absolute atomic E-state index is 0.299. The SMILES string of the molecule is COC(=O)c1ccc(O[C@@H]2O[C@H](CO)[C@H](O)[C@@H](O)[C@H]2NC(C)=O)cc1. The van der Waals surface area contributed by atoms with Gasteiger partial charge in [-0.2, -0.15) is 0 Å². The van der Waals surface area contributed by atoms with Crippen LogP contribution in [-0.4, -0.2) is 71.6 Å². The minimum Gasteiger partial charge on any atom is -0.465 e. The van der Waals surface area contributed by atoms with Gasteiger partial charge in [0.15, 0.2) is 0 Å². The Bertz CT molecular complexity index is 605. The minimum atomic E-state index is -1.39. The van der Waals surface area contributed by atoms with Crippen LogP contribution in [-0.2, 0) is 14.3 Å².